The summed E-state index contributed by atoms with van der Waals surface area (Å²) < 4.78 is 17.5. The fourth-order valence-electron chi connectivity index (χ4n) is 3.85. The third kappa shape index (κ3) is 1.04. The van der Waals surface area contributed by atoms with Crippen LogP contribution in [0.3, 0.4) is 0 Å². The van der Waals surface area contributed by atoms with E-state index in [0.29, 0.717) is 25.7 Å². The lowest BCUT2D eigenvalue weighted by Crippen LogP contribution is -2.65. The van der Waals surface area contributed by atoms with Gasteiger partial charge in [0.15, 0.2) is 0 Å². The number of hydrogen-bond acceptors (Lipinski definition) is 5. The van der Waals surface area contributed by atoms with E-state index in [1.807, 2.05) is 0 Å². The molecule has 4 aliphatic rings. The van der Waals surface area contributed by atoms with Crippen LogP contribution in [-0.2, 0) is 14.2 Å². The second kappa shape index (κ2) is 2.86. The minimum atomic E-state index is -1.37. The highest BCUT2D eigenvalue weighted by molar-refractivity contribution is 5.12. The molecule has 2 saturated heterocycles. The van der Waals surface area contributed by atoms with E-state index in [1.165, 1.54) is 0 Å². The summed E-state index contributed by atoms with van der Waals surface area (Å²) in [6.45, 7) is 0. The van der Waals surface area contributed by atoms with Crippen LogP contribution in [0.25, 0.3) is 0 Å². The van der Waals surface area contributed by atoms with Gasteiger partial charge in [-0.05, 0) is 25.7 Å². The Bertz CT molecular complexity index is 332. The zero-order valence-electron chi connectivity index (χ0n) is 9.78. The van der Waals surface area contributed by atoms with Crippen LogP contribution < -0.4 is 0 Å². The Morgan fingerprint density at radius 3 is 1.47 bits per heavy atom. The van der Waals surface area contributed by atoms with E-state index in [1.54, 1.807) is 0 Å². The lowest BCUT2D eigenvalue weighted by Gasteiger charge is -2.49. The highest BCUT2D eigenvalue weighted by atomic mass is 17.0. The summed E-state index contributed by atoms with van der Waals surface area (Å²) in [6.07, 6.45) is 5.88. The van der Waals surface area contributed by atoms with Crippen molar-refractivity contribution in [2.75, 3.05) is 0 Å². The SMILES string of the molecule is O[C@@]12CCCC[C@@]13O[C@@]1(CCCC[C@]1(O)O3)O2. The summed E-state index contributed by atoms with van der Waals surface area (Å²) in [5.41, 5.74) is 0. The number of rotatable bonds is 0. The van der Waals surface area contributed by atoms with Crippen molar-refractivity contribution in [2.24, 2.45) is 0 Å². The van der Waals surface area contributed by atoms with Gasteiger partial charge in [-0.25, -0.2) is 0 Å². The van der Waals surface area contributed by atoms with E-state index >= 15 is 0 Å². The van der Waals surface area contributed by atoms with Gasteiger partial charge in [-0.1, -0.05) is 0 Å². The van der Waals surface area contributed by atoms with Gasteiger partial charge in [0, 0.05) is 25.7 Å². The minimum absolute atomic E-state index is 0.519. The van der Waals surface area contributed by atoms with Crippen molar-refractivity contribution >= 4 is 0 Å². The van der Waals surface area contributed by atoms with Gasteiger partial charge in [0.05, 0.1) is 0 Å². The quantitative estimate of drug-likeness (QED) is 0.662. The third-order valence-electron chi connectivity index (χ3n) is 4.73. The second-order valence-corrected chi connectivity index (χ2v) is 5.79. The summed E-state index contributed by atoms with van der Waals surface area (Å²) in [6, 6.07) is 0. The van der Waals surface area contributed by atoms with Crippen LogP contribution >= 0.6 is 0 Å². The molecule has 4 rings (SSSR count). The van der Waals surface area contributed by atoms with Gasteiger partial charge in [-0.2, -0.15) is 0 Å². The molecule has 0 unspecified atom stereocenters. The summed E-state index contributed by atoms with van der Waals surface area (Å²) in [5.74, 6) is -5.00. The number of hydrogen-bond donors (Lipinski definition) is 2. The summed E-state index contributed by atoms with van der Waals surface area (Å²) in [5, 5.41) is 21.1. The lowest BCUT2D eigenvalue weighted by molar-refractivity contribution is -0.436. The van der Waals surface area contributed by atoms with Crippen molar-refractivity contribution in [1.82, 2.24) is 0 Å². The molecule has 96 valence electrons. The zero-order valence-corrected chi connectivity index (χ0v) is 9.78. The molecule has 0 aromatic heterocycles. The maximum absolute atomic E-state index is 10.6. The van der Waals surface area contributed by atoms with Gasteiger partial charge in [-0.3, -0.25) is 0 Å². The van der Waals surface area contributed by atoms with Crippen molar-refractivity contribution in [3.8, 4) is 0 Å². The smallest absolute Gasteiger partial charge is 0.229 e. The second-order valence-electron chi connectivity index (χ2n) is 5.79. The standard InChI is InChI=1S/C12H18O5/c13-9-5-1-3-7-11(9)16-10(14)6-2-4-8-12(10,15-9)17-11/h13-14H,1-8H2/t9-,10+,11-,12-/m1/s1. The first-order valence-corrected chi connectivity index (χ1v) is 6.59. The Labute approximate surface area is 99.7 Å². The van der Waals surface area contributed by atoms with Crippen LogP contribution in [-0.4, -0.2) is 33.4 Å². The first-order valence-electron chi connectivity index (χ1n) is 6.59. The molecule has 2 spiro atoms. The summed E-state index contributed by atoms with van der Waals surface area (Å²) in [7, 11) is 0. The van der Waals surface area contributed by atoms with E-state index in [4.69, 9.17) is 14.2 Å². The van der Waals surface area contributed by atoms with E-state index in [0.717, 1.165) is 25.7 Å². The van der Waals surface area contributed by atoms with Gasteiger partial charge in [0.25, 0.3) is 0 Å². The Kier molecular flexibility index (Phi) is 1.80. The van der Waals surface area contributed by atoms with Crippen LogP contribution in [0, 0.1) is 0 Å². The van der Waals surface area contributed by atoms with Crippen LogP contribution in [0.4, 0.5) is 0 Å². The Morgan fingerprint density at radius 2 is 1.00 bits per heavy atom. The van der Waals surface area contributed by atoms with E-state index in [-0.39, 0.29) is 0 Å². The van der Waals surface area contributed by atoms with E-state index in [2.05, 4.69) is 0 Å². The van der Waals surface area contributed by atoms with E-state index < -0.39 is 23.1 Å². The Balaban J connectivity index is 1.80. The molecule has 0 amide bonds. The van der Waals surface area contributed by atoms with Crippen LogP contribution in [0.1, 0.15) is 51.4 Å². The molecular weight excluding hydrogens is 224 g/mol. The van der Waals surface area contributed by atoms with Crippen molar-refractivity contribution < 1.29 is 24.4 Å². The predicted molar refractivity (Wildman–Crippen MR) is 55.6 cm³/mol. The molecule has 0 aromatic carbocycles. The average Bonchev–Trinajstić information content (AvgIpc) is 2.68. The van der Waals surface area contributed by atoms with Crippen LogP contribution in [0.15, 0.2) is 0 Å². The molecule has 0 aromatic rings. The van der Waals surface area contributed by atoms with Crippen LogP contribution in [0.2, 0.25) is 0 Å². The maximum Gasteiger partial charge on any atom is 0.229 e. The normalized spacial score (nSPS) is 61.1. The summed E-state index contributed by atoms with van der Waals surface area (Å²) in [4.78, 5) is 0. The molecule has 2 saturated carbocycles. The third-order valence-corrected chi connectivity index (χ3v) is 4.73. The molecule has 2 bridgehead atoms. The molecule has 5 heteroatoms. The average molecular weight is 242 g/mol. The molecule has 0 radical (unpaired) electrons. The molecule has 2 N–H and O–H groups in total. The molecule has 5 nitrogen and oxygen atoms in total. The molecule has 2 aliphatic carbocycles. The Morgan fingerprint density at radius 1 is 0.588 bits per heavy atom. The monoisotopic (exact) mass is 242 g/mol. The van der Waals surface area contributed by atoms with Gasteiger partial charge < -0.3 is 24.4 Å². The maximum atomic E-state index is 10.6. The van der Waals surface area contributed by atoms with Gasteiger partial charge >= 0.3 is 0 Å². The molecule has 4 atom stereocenters. The molecule has 2 heterocycles. The van der Waals surface area contributed by atoms with Gasteiger partial charge in [0.2, 0.25) is 23.1 Å². The minimum Gasteiger partial charge on any atom is -0.361 e. The van der Waals surface area contributed by atoms with Crippen molar-refractivity contribution in [2.45, 2.75) is 74.5 Å². The molecule has 2 aliphatic heterocycles. The molecule has 17 heavy (non-hydrogen) atoms. The van der Waals surface area contributed by atoms with Crippen LogP contribution in [0.5, 0.6) is 0 Å². The van der Waals surface area contributed by atoms with Crippen molar-refractivity contribution in [1.29, 1.82) is 0 Å². The fraction of sp³-hybridized carbons (Fsp3) is 1.00. The topological polar surface area (TPSA) is 68.2 Å². The van der Waals surface area contributed by atoms with Crippen molar-refractivity contribution in [3.63, 3.8) is 0 Å². The molecule has 4 fully saturated rings. The first-order chi connectivity index (χ1) is 8.04. The summed E-state index contributed by atoms with van der Waals surface area (Å²) >= 11 is 0. The van der Waals surface area contributed by atoms with Gasteiger partial charge in [0.1, 0.15) is 0 Å². The number of ether oxygens (including phenoxy) is 3. The zero-order chi connectivity index (χ0) is 11.8. The lowest BCUT2D eigenvalue weighted by atomic mass is 9.84. The fourth-order valence-corrected chi connectivity index (χ4v) is 3.85. The first kappa shape index (κ1) is 10.7. The highest BCUT2D eigenvalue weighted by Crippen LogP contribution is 2.65. The largest absolute Gasteiger partial charge is 0.361 e. The van der Waals surface area contributed by atoms with E-state index in [9.17, 15) is 10.2 Å². The highest BCUT2D eigenvalue weighted by Gasteiger charge is 2.81. The predicted octanol–water partition coefficient (Wildman–Crippen LogP) is 0.981. The van der Waals surface area contributed by atoms with Gasteiger partial charge in [-0.15, -0.1) is 0 Å². The Hall–Kier alpha value is -0.200. The molecular formula is C12H18O5. The van der Waals surface area contributed by atoms with Crippen molar-refractivity contribution in [3.05, 3.63) is 0 Å². The number of aliphatic hydroxyl groups is 2.